The molecule has 24 heavy (non-hydrogen) atoms. The zero-order chi connectivity index (χ0) is 17.1. The summed E-state index contributed by atoms with van der Waals surface area (Å²) in [5.41, 5.74) is 2.95. The van der Waals surface area contributed by atoms with Crippen LogP contribution in [0.2, 0.25) is 5.02 Å². The number of benzene rings is 1. The zero-order valence-electron chi connectivity index (χ0n) is 14.2. The summed E-state index contributed by atoms with van der Waals surface area (Å²) in [4.78, 5) is 16.9. The first kappa shape index (κ1) is 17.0. The molecule has 1 aromatic carbocycles. The van der Waals surface area contributed by atoms with E-state index in [4.69, 9.17) is 11.6 Å². The number of aromatic nitrogens is 2. The Morgan fingerprint density at radius 1 is 1.21 bits per heavy atom. The molecule has 6 heteroatoms. The molecule has 1 saturated heterocycles. The highest BCUT2D eigenvalue weighted by Crippen LogP contribution is 2.19. The smallest absolute Gasteiger partial charge is 0.255 e. The largest absolute Gasteiger partial charge is 0.336 e. The predicted octanol–water partition coefficient (Wildman–Crippen LogP) is 2.82. The van der Waals surface area contributed by atoms with Gasteiger partial charge in [-0.2, -0.15) is 5.10 Å². The van der Waals surface area contributed by atoms with E-state index >= 15 is 0 Å². The minimum atomic E-state index is 0.0234. The van der Waals surface area contributed by atoms with Gasteiger partial charge in [-0.25, -0.2) is 0 Å². The molecule has 0 saturated carbocycles. The molecule has 0 unspecified atom stereocenters. The number of halogens is 1. The molecule has 5 nitrogen and oxygen atoms in total. The quantitative estimate of drug-likeness (QED) is 0.854. The molecule has 3 rings (SSSR count). The lowest BCUT2D eigenvalue weighted by Gasteiger charge is -2.34. The minimum Gasteiger partial charge on any atom is -0.336 e. The van der Waals surface area contributed by atoms with E-state index in [1.54, 1.807) is 12.1 Å². The summed E-state index contributed by atoms with van der Waals surface area (Å²) in [6, 6.07) is 7.25. The van der Waals surface area contributed by atoms with Crippen LogP contribution in [-0.2, 0) is 13.1 Å². The number of amides is 1. The van der Waals surface area contributed by atoms with Crippen LogP contribution in [0.4, 0.5) is 0 Å². The van der Waals surface area contributed by atoms with Gasteiger partial charge < -0.3 is 4.90 Å². The van der Waals surface area contributed by atoms with Crippen molar-refractivity contribution >= 4 is 17.5 Å². The Labute approximate surface area is 147 Å². The second-order valence-corrected chi connectivity index (χ2v) is 6.55. The van der Waals surface area contributed by atoms with Crippen molar-refractivity contribution in [3.05, 3.63) is 52.3 Å². The van der Waals surface area contributed by atoms with Gasteiger partial charge >= 0.3 is 0 Å². The molecular formula is C18H23ClN4O. The maximum Gasteiger partial charge on any atom is 0.255 e. The van der Waals surface area contributed by atoms with Crippen molar-refractivity contribution in [1.29, 1.82) is 0 Å². The van der Waals surface area contributed by atoms with Gasteiger partial charge in [0, 0.05) is 51.0 Å². The van der Waals surface area contributed by atoms with Gasteiger partial charge in [0.2, 0.25) is 0 Å². The normalized spacial score (nSPS) is 15.7. The Balaban J connectivity index is 1.58. The first-order valence-electron chi connectivity index (χ1n) is 8.37. The van der Waals surface area contributed by atoms with Crippen molar-refractivity contribution in [2.24, 2.45) is 0 Å². The van der Waals surface area contributed by atoms with Crippen LogP contribution in [0, 0.1) is 6.92 Å². The van der Waals surface area contributed by atoms with E-state index in [1.807, 2.05) is 21.7 Å². The number of piperazine rings is 1. The Morgan fingerprint density at radius 2 is 1.92 bits per heavy atom. The highest BCUT2D eigenvalue weighted by Gasteiger charge is 2.24. The number of hydrogen-bond donors (Lipinski definition) is 0. The van der Waals surface area contributed by atoms with Crippen LogP contribution in [0.15, 0.2) is 30.5 Å². The molecule has 1 fully saturated rings. The van der Waals surface area contributed by atoms with Crippen LogP contribution in [0.1, 0.15) is 28.5 Å². The maximum atomic E-state index is 12.6. The third-order valence-electron chi connectivity index (χ3n) is 4.53. The second kappa shape index (κ2) is 7.36. The monoisotopic (exact) mass is 346 g/mol. The van der Waals surface area contributed by atoms with Gasteiger partial charge in [0.05, 0.1) is 16.3 Å². The molecule has 0 atom stereocenters. The molecule has 128 valence electrons. The highest BCUT2D eigenvalue weighted by atomic mass is 35.5. The van der Waals surface area contributed by atoms with Crippen LogP contribution in [0.3, 0.4) is 0 Å². The second-order valence-electron chi connectivity index (χ2n) is 6.14. The fourth-order valence-corrected chi connectivity index (χ4v) is 3.25. The van der Waals surface area contributed by atoms with Crippen molar-refractivity contribution < 1.29 is 4.79 Å². The average molecular weight is 347 g/mol. The van der Waals surface area contributed by atoms with Crippen LogP contribution in [-0.4, -0.2) is 51.7 Å². The summed E-state index contributed by atoms with van der Waals surface area (Å²) in [6.45, 7) is 9.12. The van der Waals surface area contributed by atoms with Crippen molar-refractivity contribution in [3.63, 3.8) is 0 Å². The fourth-order valence-electron chi connectivity index (χ4n) is 3.03. The molecule has 0 radical (unpaired) electrons. The third-order valence-corrected chi connectivity index (χ3v) is 4.86. The average Bonchev–Trinajstić information content (AvgIpc) is 2.95. The number of aryl methyl sites for hydroxylation is 2. The molecule has 1 aliphatic rings. The van der Waals surface area contributed by atoms with Crippen LogP contribution >= 0.6 is 11.6 Å². The summed E-state index contributed by atoms with van der Waals surface area (Å²) in [7, 11) is 0. The van der Waals surface area contributed by atoms with Crippen LogP contribution in [0.25, 0.3) is 0 Å². The van der Waals surface area contributed by atoms with Gasteiger partial charge in [0.1, 0.15) is 0 Å². The Bertz CT molecular complexity index is 720. The Hall–Kier alpha value is -1.85. The van der Waals surface area contributed by atoms with E-state index < -0.39 is 0 Å². The molecule has 1 aromatic heterocycles. The van der Waals surface area contributed by atoms with Crippen molar-refractivity contribution in [3.8, 4) is 0 Å². The van der Waals surface area contributed by atoms with Gasteiger partial charge in [-0.15, -0.1) is 0 Å². The highest BCUT2D eigenvalue weighted by molar-refractivity contribution is 6.33. The molecule has 1 aliphatic heterocycles. The molecule has 2 heterocycles. The molecule has 0 aliphatic carbocycles. The number of rotatable bonds is 4. The standard InChI is InChI=1S/C18H23ClN4O/c1-3-23-13-15(14(2)20-23)12-21-8-10-22(11-9-21)18(24)16-6-4-5-7-17(16)19/h4-7,13H,3,8-12H2,1-2H3. The van der Waals surface area contributed by atoms with Crippen LogP contribution in [0.5, 0.6) is 0 Å². The van der Waals surface area contributed by atoms with E-state index in [1.165, 1.54) is 5.56 Å². The van der Waals surface area contributed by atoms with Gasteiger partial charge in [-0.05, 0) is 26.0 Å². The maximum absolute atomic E-state index is 12.6. The summed E-state index contributed by atoms with van der Waals surface area (Å²) < 4.78 is 1.97. The van der Waals surface area contributed by atoms with Crippen molar-refractivity contribution in [1.82, 2.24) is 19.6 Å². The molecule has 1 amide bonds. The zero-order valence-corrected chi connectivity index (χ0v) is 15.0. The number of nitrogens with zero attached hydrogens (tertiary/aromatic N) is 4. The third kappa shape index (κ3) is 3.62. The minimum absolute atomic E-state index is 0.0234. The summed E-state index contributed by atoms with van der Waals surface area (Å²) >= 11 is 6.14. The molecule has 0 bridgehead atoms. The predicted molar refractivity (Wildman–Crippen MR) is 95.3 cm³/mol. The SMILES string of the molecule is CCn1cc(CN2CCN(C(=O)c3ccccc3Cl)CC2)c(C)n1. The first-order chi connectivity index (χ1) is 11.6. The van der Waals surface area contributed by atoms with E-state index in [0.717, 1.165) is 45.0 Å². The lowest BCUT2D eigenvalue weighted by Crippen LogP contribution is -2.48. The Morgan fingerprint density at radius 3 is 2.54 bits per heavy atom. The number of carbonyl (C=O) groups is 1. The molecular weight excluding hydrogens is 324 g/mol. The lowest BCUT2D eigenvalue weighted by atomic mass is 10.1. The van der Waals surface area contributed by atoms with E-state index in [2.05, 4.69) is 30.0 Å². The van der Waals surface area contributed by atoms with Crippen molar-refractivity contribution in [2.75, 3.05) is 26.2 Å². The van der Waals surface area contributed by atoms with Gasteiger partial charge in [-0.3, -0.25) is 14.4 Å². The Kier molecular flexibility index (Phi) is 5.21. The van der Waals surface area contributed by atoms with Gasteiger partial charge in [0.25, 0.3) is 5.91 Å². The van der Waals surface area contributed by atoms with Crippen molar-refractivity contribution in [2.45, 2.75) is 26.9 Å². The summed E-state index contributed by atoms with van der Waals surface area (Å²) in [6.07, 6.45) is 2.12. The summed E-state index contributed by atoms with van der Waals surface area (Å²) in [5.74, 6) is 0.0234. The van der Waals surface area contributed by atoms with Gasteiger partial charge in [-0.1, -0.05) is 23.7 Å². The lowest BCUT2D eigenvalue weighted by molar-refractivity contribution is 0.0628. The molecule has 2 aromatic rings. The number of hydrogen-bond acceptors (Lipinski definition) is 3. The fraction of sp³-hybridized carbons (Fsp3) is 0.444. The van der Waals surface area contributed by atoms with Gasteiger partial charge in [0.15, 0.2) is 0 Å². The molecule has 0 N–H and O–H groups in total. The van der Waals surface area contributed by atoms with E-state index in [-0.39, 0.29) is 5.91 Å². The van der Waals surface area contributed by atoms with E-state index in [9.17, 15) is 4.79 Å². The van der Waals surface area contributed by atoms with E-state index in [0.29, 0.717) is 10.6 Å². The molecule has 0 spiro atoms. The topological polar surface area (TPSA) is 41.4 Å². The number of carbonyl (C=O) groups excluding carboxylic acids is 1. The first-order valence-corrected chi connectivity index (χ1v) is 8.75. The van der Waals surface area contributed by atoms with Crippen LogP contribution < -0.4 is 0 Å². The summed E-state index contributed by atoms with van der Waals surface area (Å²) in [5, 5.41) is 5.02.